The fourth-order valence-corrected chi connectivity index (χ4v) is 2.52. The summed E-state index contributed by atoms with van der Waals surface area (Å²) in [5.41, 5.74) is 1.42. The molecule has 0 saturated carbocycles. The highest BCUT2D eigenvalue weighted by Gasteiger charge is 2.24. The minimum atomic E-state index is -0.456. The Hall–Kier alpha value is -2.40. The van der Waals surface area contributed by atoms with Crippen molar-refractivity contribution in [3.8, 4) is 0 Å². The van der Waals surface area contributed by atoms with Crippen LogP contribution < -0.4 is 5.32 Å². The predicted octanol–water partition coefficient (Wildman–Crippen LogP) is 4.63. The lowest BCUT2D eigenvalue weighted by Crippen LogP contribution is -2.25. The molecule has 0 heterocycles. The van der Waals surface area contributed by atoms with Crippen molar-refractivity contribution >= 4 is 28.9 Å². The van der Waals surface area contributed by atoms with Crippen molar-refractivity contribution in [3.63, 3.8) is 0 Å². The van der Waals surface area contributed by atoms with E-state index in [1.807, 2.05) is 13.8 Å². The Morgan fingerprint density at radius 2 is 1.65 bits per heavy atom. The van der Waals surface area contributed by atoms with Crippen LogP contribution in [0.25, 0.3) is 0 Å². The van der Waals surface area contributed by atoms with Crippen molar-refractivity contribution in [2.75, 3.05) is 5.32 Å². The van der Waals surface area contributed by atoms with E-state index < -0.39 is 10.8 Å². The zero-order valence-corrected chi connectivity index (χ0v) is 13.6. The van der Waals surface area contributed by atoms with Crippen LogP contribution in [0.5, 0.6) is 0 Å². The zero-order valence-electron chi connectivity index (χ0n) is 12.8. The van der Waals surface area contributed by atoms with Crippen LogP contribution in [0.3, 0.4) is 0 Å². The molecule has 1 N–H and O–H groups in total. The van der Waals surface area contributed by atoms with Gasteiger partial charge in [-0.15, -0.1) is 0 Å². The Morgan fingerprint density at radius 1 is 1.09 bits per heavy atom. The third-order valence-corrected chi connectivity index (χ3v) is 3.78. The Labute approximate surface area is 139 Å². The van der Waals surface area contributed by atoms with E-state index in [1.54, 1.807) is 36.4 Å². The largest absolute Gasteiger partial charge is 0.326 e. The van der Waals surface area contributed by atoms with Crippen molar-refractivity contribution in [2.24, 2.45) is 5.92 Å². The maximum Gasteiger partial charge on any atom is 0.269 e. The smallest absolute Gasteiger partial charge is 0.269 e. The Balaban J connectivity index is 2.21. The molecule has 0 aliphatic rings. The van der Waals surface area contributed by atoms with Gasteiger partial charge in [-0.25, -0.2) is 0 Å². The van der Waals surface area contributed by atoms with Crippen molar-refractivity contribution in [1.29, 1.82) is 0 Å². The van der Waals surface area contributed by atoms with Crippen molar-refractivity contribution in [1.82, 2.24) is 0 Å². The van der Waals surface area contributed by atoms with Crippen LogP contribution >= 0.6 is 11.6 Å². The molecule has 0 saturated heterocycles. The van der Waals surface area contributed by atoms with Gasteiger partial charge in [0, 0.05) is 22.8 Å². The maximum absolute atomic E-state index is 12.6. The monoisotopic (exact) mass is 332 g/mol. The molecule has 2 rings (SSSR count). The number of hydrogen-bond donors (Lipinski definition) is 1. The first-order valence-electron chi connectivity index (χ1n) is 7.19. The van der Waals surface area contributed by atoms with Crippen molar-refractivity contribution < 1.29 is 9.72 Å². The lowest BCUT2D eigenvalue weighted by molar-refractivity contribution is -0.384. The third-order valence-electron chi connectivity index (χ3n) is 3.52. The van der Waals surface area contributed by atoms with Gasteiger partial charge >= 0.3 is 0 Å². The molecule has 1 unspecified atom stereocenters. The second-order valence-electron chi connectivity index (χ2n) is 5.57. The van der Waals surface area contributed by atoms with E-state index in [0.29, 0.717) is 10.7 Å². The first-order chi connectivity index (χ1) is 10.9. The van der Waals surface area contributed by atoms with Crippen LogP contribution in [0, 0.1) is 16.0 Å². The lowest BCUT2D eigenvalue weighted by atomic mass is 9.87. The van der Waals surface area contributed by atoms with E-state index >= 15 is 0 Å². The van der Waals surface area contributed by atoms with E-state index in [9.17, 15) is 14.9 Å². The van der Waals surface area contributed by atoms with Gasteiger partial charge in [0.2, 0.25) is 5.91 Å². The highest BCUT2D eigenvalue weighted by Crippen LogP contribution is 2.28. The number of nitrogens with zero attached hydrogens (tertiary/aromatic N) is 1. The number of anilines is 1. The first-order valence-corrected chi connectivity index (χ1v) is 7.57. The van der Waals surface area contributed by atoms with Crippen molar-refractivity contribution in [3.05, 3.63) is 69.2 Å². The standard InChI is InChI=1S/C17H17ClN2O3/c1-11(2)16(12-3-9-15(10-4-12)20(22)23)17(21)19-14-7-5-13(18)6-8-14/h3-11,16H,1-2H3,(H,19,21). The molecule has 0 bridgehead atoms. The predicted molar refractivity (Wildman–Crippen MR) is 90.8 cm³/mol. The van der Waals surface area contributed by atoms with Crippen LogP contribution in [-0.4, -0.2) is 10.8 Å². The van der Waals surface area contributed by atoms with Gasteiger partial charge in [0.25, 0.3) is 5.69 Å². The summed E-state index contributed by atoms with van der Waals surface area (Å²) in [6, 6.07) is 13.0. The Kier molecular flexibility index (Phi) is 5.34. The van der Waals surface area contributed by atoms with E-state index in [-0.39, 0.29) is 17.5 Å². The molecular formula is C17H17ClN2O3. The fourth-order valence-electron chi connectivity index (χ4n) is 2.40. The molecule has 23 heavy (non-hydrogen) atoms. The van der Waals surface area contributed by atoms with Gasteiger partial charge in [-0.05, 0) is 35.7 Å². The number of nitro benzene ring substituents is 1. The summed E-state index contributed by atoms with van der Waals surface area (Å²) in [6.07, 6.45) is 0. The number of nitrogens with one attached hydrogen (secondary N) is 1. The summed E-state index contributed by atoms with van der Waals surface area (Å²) >= 11 is 5.83. The normalized spacial score (nSPS) is 12.0. The molecule has 0 fully saturated rings. The van der Waals surface area contributed by atoms with Crippen LogP contribution in [0.2, 0.25) is 5.02 Å². The van der Waals surface area contributed by atoms with E-state index in [1.165, 1.54) is 12.1 Å². The lowest BCUT2D eigenvalue weighted by Gasteiger charge is -2.20. The molecule has 0 aromatic heterocycles. The van der Waals surface area contributed by atoms with Gasteiger partial charge in [-0.3, -0.25) is 14.9 Å². The molecule has 0 spiro atoms. The summed E-state index contributed by atoms with van der Waals surface area (Å²) in [4.78, 5) is 22.9. The van der Waals surface area contributed by atoms with Crippen LogP contribution in [0.1, 0.15) is 25.3 Å². The van der Waals surface area contributed by atoms with E-state index in [0.717, 1.165) is 5.56 Å². The number of nitro groups is 1. The highest BCUT2D eigenvalue weighted by molar-refractivity contribution is 6.30. The quantitative estimate of drug-likeness (QED) is 0.641. The first kappa shape index (κ1) is 17.0. The molecule has 6 heteroatoms. The molecule has 5 nitrogen and oxygen atoms in total. The van der Waals surface area contributed by atoms with E-state index in [2.05, 4.69) is 5.32 Å². The molecule has 120 valence electrons. The highest BCUT2D eigenvalue weighted by atomic mass is 35.5. The summed E-state index contributed by atoms with van der Waals surface area (Å²) < 4.78 is 0. The zero-order chi connectivity index (χ0) is 17.0. The minimum absolute atomic E-state index is 0.00867. The molecule has 0 radical (unpaired) electrons. The van der Waals surface area contributed by atoms with Gasteiger partial charge < -0.3 is 5.32 Å². The average molecular weight is 333 g/mol. The molecule has 0 aliphatic heterocycles. The number of hydrogen-bond acceptors (Lipinski definition) is 3. The number of benzene rings is 2. The number of amides is 1. The van der Waals surface area contributed by atoms with Crippen LogP contribution in [0.15, 0.2) is 48.5 Å². The van der Waals surface area contributed by atoms with Gasteiger partial charge in [0.05, 0.1) is 10.8 Å². The van der Waals surface area contributed by atoms with Gasteiger partial charge in [-0.2, -0.15) is 0 Å². The number of halogens is 1. The van der Waals surface area contributed by atoms with Crippen LogP contribution in [-0.2, 0) is 4.79 Å². The second-order valence-corrected chi connectivity index (χ2v) is 6.00. The summed E-state index contributed by atoms with van der Waals surface area (Å²) in [5, 5.41) is 14.2. The van der Waals surface area contributed by atoms with Crippen LogP contribution in [0.4, 0.5) is 11.4 Å². The number of carbonyl (C=O) groups is 1. The maximum atomic E-state index is 12.6. The molecular weight excluding hydrogens is 316 g/mol. The van der Waals surface area contributed by atoms with Gasteiger partial charge in [-0.1, -0.05) is 37.6 Å². The Morgan fingerprint density at radius 3 is 2.13 bits per heavy atom. The number of rotatable bonds is 5. The molecule has 1 amide bonds. The summed E-state index contributed by atoms with van der Waals surface area (Å²) in [6.45, 7) is 3.88. The molecule has 1 atom stereocenters. The van der Waals surface area contributed by atoms with E-state index in [4.69, 9.17) is 11.6 Å². The van der Waals surface area contributed by atoms with Gasteiger partial charge in [0.1, 0.15) is 0 Å². The second kappa shape index (κ2) is 7.24. The SMILES string of the molecule is CC(C)C(C(=O)Nc1ccc(Cl)cc1)c1ccc([N+](=O)[O-])cc1. The molecule has 0 aliphatic carbocycles. The van der Waals surface area contributed by atoms with Gasteiger partial charge in [0.15, 0.2) is 0 Å². The number of non-ortho nitro benzene ring substituents is 1. The Bertz CT molecular complexity index is 697. The summed E-state index contributed by atoms with van der Waals surface area (Å²) in [7, 11) is 0. The topological polar surface area (TPSA) is 72.2 Å². The van der Waals surface area contributed by atoms with Crippen molar-refractivity contribution in [2.45, 2.75) is 19.8 Å². The average Bonchev–Trinajstić information content (AvgIpc) is 2.50. The third kappa shape index (κ3) is 4.29. The summed E-state index contributed by atoms with van der Waals surface area (Å²) in [5.74, 6) is -0.508. The fraction of sp³-hybridized carbons (Fsp3) is 0.235. The molecule has 2 aromatic carbocycles. The minimum Gasteiger partial charge on any atom is -0.326 e. The molecule has 2 aromatic rings. The number of carbonyl (C=O) groups excluding carboxylic acids is 1.